The van der Waals surface area contributed by atoms with Gasteiger partial charge in [0.15, 0.2) is 22.6 Å². The van der Waals surface area contributed by atoms with Crippen molar-refractivity contribution in [1.29, 1.82) is 0 Å². The number of ether oxygens (including phenoxy) is 2. The number of terminal acetylenes is 1. The number of anilines is 1. The van der Waals surface area contributed by atoms with Crippen LogP contribution in [0.3, 0.4) is 0 Å². The van der Waals surface area contributed by atoms with E-state index in [0.29, 0.717) is 0 Å². The van der Waals surface area contributed by atoms with Crippen molar-refractivity contribution < 1.29 is 37.4 Å². The first-order valence-electron chi connectivity index (χ1n) is 13.1. The molecule has 13 nitrogen and oxygen atoms in total. The number of carbonyl (C=O) groups excluding carboxylic acids is 1. The van der Waals surface area contributed by atoms with E-state index in [1.54, 1.807) is 42.5 Å². The first-order valence-corrected chi connectivity index (χ1v) is 14.6. The number of benzene rings is 2. The van der Waals surface area contributed by atoms with Crippen LogP contribution in [-0.4, -0.2) is 54.9 Å². The molecule has 1 unspecified atom stereocenters. The maximum absolute atomic E-state index is 14.0. The summed E-state index contributed by atoms with van der Waals surface area (Å²) >= 11 is 0. The number of carbonyl (C=O) groups is 1. The Labute approximate surface area is 245 Å². The van der Waals surface area contributed by atoms with Crippen LogP contribution < -0.4 is 15.3 Å². The zero-order valence-electron chi connectivity index (χ0n) is 22.9. The van der Waals surface area contributed by atoms with Crippen LogP contribution in [0.1, 0.15) is 25.1 Å². The number of rotatable bonds is 11. The second-order valence-corrected chi connectivity index (χ2v) is 11.4. The number of hydrogen-bond acceptors (Lipinski definition) is 11. The normalized spacial score (nSPS) is 22.0. The molecule has 0 bridgehead atoms. The number of esters is 1. The van der Waals surface area contributed by atoms with E-state index in [-0.39, 0.29) is 35.8 Å². The molecule has 3 heterocycles. The molecule has 224 valence electrons. The average molecular weight is 611 g/mol. The Morgan fingerprint density at radius 2 is 1.98 bits per heavy atom. The van der Waals surface area contributed by atoms with Gasteiger partial charge in [0.25, 0.3) is 0 Å². The maximum Gasteiger partial charge on any atom is 0.459 e. The molecule has 4 aromatic rings. The highest BCUT2D eigenvalue weighted by molar-refractivity contribution is 7.52. The van der Waals surface area contributed by atoms with Gasteiger partial charge in [0.05, 0.1) is 6.33 Å². The van der Waals surface area contributed by atoms with E-state index < -0.39 is 50.4 Å². The van der Waals surface area contributed by atoms with Crippen LogP contribution in [0.25, 0.3) is 11.2 Å². The Kier molecular flexibility index (Phi) is 8.72. The molecule has 1 aliphatic rings. The van der Waals surface area contributed by atoms with Gasteiger partial charge in [-0.3, -0.25) is 13.9 Å². The molecule has 0 radical (unpaired) electrons. The summed E-state index contributed by atoms with van der Waals surface area (Å²) < 4.78 is 52.0. The minimum Gasteiger partial charge on any atom is -0.460 e. The predicted octanol–water partition coefficient (Wildman–Crippen LogP) is 3.12. The van der Waals surface area contributed by atoms with Crippen molar-refractivity contribution in [2.45, 2.75) is 43.9 Å². The summed E-state index contributed by atoms with van der Waals surface area (Å²) in [5.74, 6) is 1.67. The molecular weight excluding hydrogens is 582 g/mol. The summed E-state index contributed by atoms with van der Waals surface area (Å²) in [6, 6.07) is 16.0. The number of para-hydroxylation sites is 1. The summed E-state index contributed by atoms with van der Waals surface area (Å²) in [5.41, 5.74) is 4.85. The van der Waals surface area contributed by atoms with Gasteiger partial charge in [0.2, 0.25) is 0 Å². The molecule has 1 fully saturated rings. The van der Waals surface area contributed by atoms with Crippen molar-refractivity contribution in [2.75, 3.05) is 12.3 Å². The number of aromatic nitrogens is 4. The lowest BCUT2D eigenvalue weighted by molar-refractivity contribution is -0.146. The second kappa shape index (κ2) is 12.5. The Bertz CT molecular complexity index is 1690. The van der Waals surface area contributed by atoms with E-state index in [9.17, 15) is 18.9 Å². The summed E-state index contributed by atoms with van der Waals surface area (Å²) in [6.45, 7) is 0.812. The van der Waals surface area contributed by atoms with Gasteiger partial charge in [-0.15, -0.1) is 6.42 Å². The van der Waals surface area contributed by atoms with E-state index in [0.717, 1.165) is 5.56 Å². The van der Waals surface area contributed by atoms with Crippen molar-refractivity contribution in [3.05, 3.63) is 78.6 Å². The van der Waals surface area contributed by atoms with E-state index in [1.807, 2.05) is 18.2 Å². The number of aliphatic hydroxyl groups is 1. The van der Waals surface area contributed by atoms with Gasteiger partial charge in [0, 0.05) is 6.42 Å². The first kappa shape index (κ1) is 30.1. The number of nitrogen functional groups attached to an aromatic ring is 1. The molecule has 5 atom stereocenters. The van der Waals surface area contributed by atoms with Gasteiger partial charge in [-0.25, -0.2) is 9.55 Å². The van der Waals surface area contributed by atoms with Crippen molar-refractivity contribution in [1.82, 2.24) is 24.6 Å². The van der Waals surface area contributed by atoms with Crippen LogP contribution >= 0.6 is 7.75 Å². The van der Waals surface area contributed by atoms with Crippen molar-refractivity contribution in [3.8, 4) is 18.1 Å². The smallest absolute Gasteiger partial charge is 0.459 e. The van der Waals surface area contributed by atoms with E-state index >= 15 is 0 Å². The lowest BCUT2D eigenvalue weighted by Crippen LogP contribution is -2.43. The van der Waals surface area contributed by atoms with Gasteiger partial charge in [-0.2, -0.15) is 19.4 Å². The molecule has 1 saturated heterocycles. The number of nitrogens with zero attached hydrogens (tertiary/aromatic N) is 4. The van der Waals surface area contributed by atoms with E-state index in [2.05, 4.69) is 26.0 Å². The van der Waals surface area contributed by atoms with Crippen LogP contribution in [0.4, 0.5) is 10.2 Å². The fourth-order valence-electron chi connectivity index (χ4n) is 4.38. The molecule has 0 aliphatic carbocycles. The predicted molar refractivity (Wildman–Crippen MR) is 151 cm³/mol. The Balaban J connectivity index is 1.33. The van der Waals surface area contributed by atoms with Gasteiger partial charge >= 0.3 is 19.8 Å². The number of nitrogens with two attached hydrogens (primary N) is 1. The maximum atomic E-state index is 14.0. The molecule has 1 aliphatic heterocycles. The zero-order chi connectivity index (χ0) is 30.6. The number of fused-ring (bicyclic) bond motifs is 1. The third-order valence-corrected chi connectivity index (χ3v) is 8.26. The van der Waals surface area contributed by atoms with Crippen LogP contribution in [-0.2, 0) is 30.0 Å². The number of halogens is 1. The van der Waals surface area contributed by atoms with Crippen molar-refractivity contribution in [2.24, 2.45) is 0 Å². The molecule has 43 heavy (non-hydrogen) atoms. The lowest BCUT2D eigenvalue weighted by atomic mass is 9.99. The summed E-state index contributed by atoms with van der Waals surface area (Å²) in [4.78, 5) is 24.0. The minimum absolute atomic E-state index is 0.00141. The minimum atomic E-state index is -4.36. The monoisotopic (exact) mass is 610 g/mol. The van der Waals surface area contributed by atoms with Crippen LogP contribution in [0.5, 0.6) is 5.75 Å². The van der Waals surface area contributed by atoms with E-state index in [1.165, 1.54) is 17.8 Å². The third kappa shape index (κ3) is 6.67. The second-order valence-electron chi connectivity index (χ2n) is 9.68. The largest absolute Gasteiger partial charge is 0.460 e. The third-order valence-electron chi connectivity index (χ3n) is 6.63. The molecule has 0 amide bonds. The van der Waals surface area contributed by atoms with Gasteiger partial charge in [-0.1, -0.05) is 54.5 Å². The SMILES string of the molecule is C#C[C@]1(COP(=O)(N[C@@H](C)C(=O)OCc2ccccc2)Oc2ccccc2)O[C@@H](n2cnc3c(N)nc(F)nc32)C[C@@H]1O. The fourth-order valence-corrected chi connectivity index (χ4v) is 5.90. The molecule has 5 rings (SSSR count). The highest BCUT2D eigenvalue weighted by Crippen LogP contribution is 2.48. The highest BCUT2D eigenvalue weighted by atomic mass is 31.2. The van der Waals surface area contributed by atoms with Crippen LogP contribution in [0.15, 0.2) is 67.0 Å². The molecule has 0 saturated carbocycles. The highest BCUT2D eigenvalue weighted by Gasteiger charge is 2.50. The van der Waals surface area contributed by atoms with Crippen molar-refractivity contribution in [3.63, 3.8) is 0 Å². The molecule has 15 heteroatoms. The van der Waals surface area contributed by atoms with Crippen LogP contribution in [0, 0.1) is 18.4 Å². The lowest BCUT2D eigenvalue weighted by Gasteiger charge is -2.29. The summed E-state index contributed by atoms with van der Waals surface area (Å²) in [6.07, 6.45) is 3.64. The Morgan fingerprint density at radius 3 is 2.67 bits per heavy atom. The molecule has 2 aromatic heterocycles. The van der Waals surface area contributed by atoms with Gasteiger partial charge < -0.3 is 24.8 Å². The topological polar surface area (TPSA) is 173 Å². The average Bonchev–Trinajstić information content (AvgIpc) is 3.57. The molecule has 2 aromatic carbocycles. The molecular formula is C28H28FN6O7P. The first-order chi connectivity index (χ1) is 20.6. The van der Waals surface area contributed by atoms with Crippen molar-refractivity contribution >= 4 is 30.7 Å². The number of nitrogens with one attached hydrogen (secondary N) is 1. The standard InChI is InChI=1S/C28H28FN6O7P/c1-3-28(21(36)14-22(41-28)35-17-31-23-24(30)32-27(29)33-25(23)35)16-40-43(38,42-20-12-8-5-9-13-20)34-18(2)26(37)39-15-19-10-6-4-7-11-19/h1,4-13,17-18,21-22,36H,14-16H2,2H3,(H,34,38)(H2,30,32,33)/t18-,21-,22+,28+,43?/m0/s1. The Hall–Kier alpha value is -4.38. The van der Waals surface area contributed by atoms with E-state index in [4.69, 9.17) is 30.7 Å². The quantitative estimate of drug-likeness (QED) is 0.0982. The Morgan fingerprint density at radius 1 is 1.28 bits per heavy atom. The number of imidazole rings is 1. The molecule has 0 spiro atoms. The molecule has 4 N–H and O–H groups in total. The van der Waals surface area contributed by atoms with Gasteiger partial charge in [-0.05, 0) is 24.6 Å². The fraction of sp³-hybridized carbons (Fsp3) is 0.286. The zero-order valence-corrected chi connectivity index (χ0v) is 23.8. The number of aliphatic hydroxyl groups excluding tert-OH is 1. The summed E-state index contributed by atoms with van der Waals surface area (Å²) in [7, 11) is -4.36. The van der Waals surface area contributed by atoms with Gasteiger partial charge in [0.1, 0.15) is 37.3 Å². The summed E-state index contributed by atoms with van der Waals surface area (Å²) in [5, 5.41) is 13.6. The number of hydrogen-bond donors (Lipinski definition) is 3. The van der Waals surface area contributed by atoms with Crippen LogP contribution in [0.2, 0.25) is 0 Å².